The Morgan fingerprint density at radius 3 is 2.69 bits per heavy atom. The summed E-state index contributed by atoms with van der Waals surface area (Å²) in [7, 11) is 1.73. The lowest BCUT2D eigenvalue weighted by Gasteiger charge is -2.28. The van der Waals surface area contributed by atoms with Crippen molar-refractivity contribution in [2.24, 2.45) is 5.92 Å². The van der Waals surface area contributed by atoms with Crippen LogP contribution in [0.3, 0.4) is 0 Å². The van der Waals surface area contributed by atoms with Crippen molar-refractivity contribution in [2.45, 2.75) is 64.6 Å². The molecule has 0 saturated heterocycles. The second-order valence-electron chi connectivity index (χ2n) is 4.77. The summed E-state index contributed by atoms with van der Waals surface area (Å²) in [6, 6.07) is 0. The number of methoxy groups -OCH3 is 1. The smallest absolute Gasteiger partial charge is 0.308 e. The van der Waals surface area contributed by atoms with E-state index in [0.717, 1.165) is 38.5 Å². The Labute approximate surface area is 98.5 Å². The number of hydrogen-bond donors (Lipinski definition) is 0. The van der Waals surface area contributed by atoms with Crippen LogP contribution in [0.2, 0.25) is 0 Å². The molecule has 3 atom stereocenters. The predicted octanol–water partition coefficient (Wildman–Crippen LogP) is 2.92. The molecule has 1 aliphatic carbocycles. The fourth-order valence-electron chi connectivity index (χ4n) is 2.25. The highest BCUT2D eigenvalue weighted by Crippen LogP contribution is 2.24. The van der Waals surface area contributed by atoms with Gasteiger partial charge in [0.05, 0.1) is 12.0 Å². The number of ether oxygens (including phenoxy) is 2. The van der Waals surface area contributed by atoms with E-state index in [1.54, 1.807) is 7.11 Å². The van der Waals surface area contributed by atoms with Crippen molar-refractivity contribution in [3.63, 3.8) is 0 Å². The Morgan fingerprint density at radius 1 is 1.38 bits per heavy atom. The highest BCUT2D eigenvalue weighted by molar-refractivity contribution is 5.72. The van der Waals surface area contributed by atoms with Gasteiger partial charge in [0.2, 0.25) is 0 Å². The molecule has 0 amide bonds. The molecule has 0 aliphatic heterocycles. The first-order chi connectivity index (χ1) is 7.67. The zero-order valence-corrected chi connectivity index (χ0v) is 10.7. The summed E-state index contributed by atoms with van der Waals surface area (Å²) in [6.07, 6.45) is 6.33. The van der Waals surface area contributed by atoms with E-state index in [4.69, 9.17) is 9.47 Å². The summed E-state index contributed by atoms with van der Waals surface area (Å²) in [4.78, 5) is 11.7. The molecule has 1 aliphatic rings. The van der Waals surface area contributed by atoms with E-state index in [0.29, 0.717) is 0 Å². The standard InChI is InChI=1S/C13H24O3/c1-4-6-10(2)13(14)16-12-8-5-7-11(9-12)15-3/h10-12H,4-9H2,1-3H3. The first kappa shape index (κ1) is 13.5. The highest BCUT2D eigenvalue weighted by atomic mass is 16.5. The van der Waals surface area contributed by atoms with Crippen LogP contribution in [0.15, 0.2) is 0 Å². The molecule has 1 fully saturated rings. The normalized spacial score (nSPS) is 27.4. The van der Waals surface area contributed by atoms with Crippen molar-refractivity contribution in [3.8, 4) is 0 Å². The van der Waals surface area contributed by atoms with Crippen LogP contribution < -0.4 is 0 Å². The van der Waals surface area contributed by atoms with Gasteiger partial charge in [0.1, 0.15) is 6.10 Å². The fraction of sp³-hybridized carbons (Fsp3) is 0.923. The van der Waals surface area contributed by atoms with E-state index in [-0.39, 0.29) is 24.1 Å². The Morgan fingerprint density at radius 2 is 2.06 bits per heavy atom. The summed E-state index contributed by atoms with van der Waals surface area (Å²) >= 11 is 0. The highest BCUT2D eigenvalue weighted by Gasteiger charge is 2.26. The van der Waals surface area contributed by atoms with Gasteiger partial charge in [0, 0.05) is 13.5 Å². The van der Waals surface area contributed by atoms with Crippen molar-refractivity contribution in [2.75, 3.05) is 7.11 Å². The van der Waals surface area contributed by atoms with Crippen molar-refractivity contribution >= 4 is 5.97 Å². The minimum atomic E-state index is -0.0383. The van der Waals surface area contributed by atoms with E-state index in [9.17, 15) is 4.79 Å². The van der Waals surface area contributed by atoms with Crippen molar-refractivity contribution in [1.29, 1.82) is 0 Å². The molecule has 0 heterocycles. The van der Waals surface area contributed by atoms with Crippen LogP contribution in [0.5, 0.6) is 0 Å². The molecule has 3 nitrogen and oxygen atoms in total. The summed E-state index contributed by atoms with van der Waals surface area (Å²) < 4.78 is 10.8. The largest absolute Gasteiger partial charge is 0.462 e. The molecule has 1 saturated carbocycles. The van der Waals surface area contributed by atoms with Crippen molar-refractivity contribution in [3.05, 3.63) is 0 Å². The molecule has 0 radical (unpaired) electrons. The third kappa shape index (κ3) is 4.12. The second-order valence-corrected chi connectivity index (χ2v) is 4.77. The number of esters is 1. The molecule has 94 valence electrons. The molecule has 0 N–H and O–H groups in total. The van der Waals surface area contributed by atoms with Crippen LogP contribution in [-0.4, -0.2) is 25.3 Å². The molecule has 0 spiro atoms. The van der Waals surface area contributed by atoms with Gasteiger partial charge in [-0.05, 0) is 25.7 Å². The molecule has 0 aromatic rings. The van der Waals surface area contributed by atoms with E-state index in [1.807, 2.05) is 6.92 Å². The summed E-state index contributed by atoms with van der Waals surface area (Å²) in [5.74, 6) is -0.00322. The summed E-state index contributed by atoms with van der Waals surface area (Å²) in [5, 5.41) is 0. The lowest BCUT2D eigenvalue weighted by molar-refractivity contribution is -0.157. The van der Waals surface area contributed by atoms with Crippen LogP contribution >= 0.6 is 0 Å². The van der Waals surface area contributed by atoms with E-state index >= 15 is 0 Å². The number of rotatable bonds is 5. The van der Waals surface area contributed by atoms with Gasteiger partial charge >= 0.3 is 5.97 Å². The zero-order valence-electron chi connectivity index (χ0n) is 10.7. The molecule has 0 aromatic carbocycles. The monoisotopic (exact) mass is 228 g/mol. The van der Waals surface area contributed by atoms with Gasteiger partial charge < -0.3 is 9.47 Å². The topological polar surface area (TPSA) is 35.5 Å². The number of hydrogen-bond acceptors (Lipinski definition) is 3. The summed E-state index contributed by atoms with van der Waals surface area (Å²) in [5.41, 5.74) is 0. The Hall–Kier alpha value is -0.570. The van der Waals surface area contributed by atoms with Gasteiger partial charge in [-0.15, -0.1) is 0 Å². The third-order valence-corrected chi connectivity index (χ3v) is 3.32. The van der Waals surface area contributed by atoms with Gasteiger partial charge in [0.25, 0.3) is 0 Å². The van der Waals surface area contributed by atoms with Crippen LogP contribution in [0.1, 0.15) is 52.4 Å². The Balaban J connectivity index is 2.32. The minimum absolute atomic E-state index is 0.0351. The lowest BCUT2D eigenvalue weighted by Crippen LogP contribution is -2.31. The molecule has 16 heavy (non-hydrogen) atoms. The Bertz CT molecular complexity index is 215. The molecule has 1 rings (SSSR count). The second kappa shape index (κ2) is 6.89. The van der Waals surface area contributed by atoms with Crippen LogP contribution in [-0.2, 0) is 14.3 Å². The van der Waals surface area contributed by atoms with Gasteiger partial charge in [-0.3, -0.25) is 4.79 Å². The number of carbonyl (C=O) groups excluding carboxylic acids is 1. The van der Waals surface area contributed by atoms with Crippen LogP contribution in [0.4, 0.5) is 0 Å². The summed E-state index contributed by atoms with van der Waals surface area (Å²) in [6.45, 7) is 4.04. The number of carbonyl (C=O) groups is 1. The van der Waals surface area contributed by atoms with Crippen LogP contribution in [0.25, 0.3) is 0 Å². The average Bonchev–Trinajstić information content (AvgIpc) is 2.29. The maximum absolute atomic E-state index is 11.7. The van der Waals surface area contributed by atoms with E-state index in [2.05, 4.69) is 6.92 Å². The SMILES string of the molecule is CCCC(C)C(=O)OC1CCCC(OC)C1. The first-order valence-electron chi connectivity index (χ1n) is 6.40. The average molecular weight is 228 g/mol. The van der Waals surface area contributed by atoms with E-state index < -0.39 is 0 Å². The maximum atomic E-state index is 11.7. The van der Waals surface area contributed by atoms with Crippen molar-refractivity contribution < 1.29 is 14.3 Å². The molecule has 0 bridgehead atoms. The minimum Gasteiger partial charge on any atom is -0.462 e. The first-order valence-corrected chi connectivity index (χ1v) is 6.40. The van der Waals surface area contributed by atoms with Crippen LogP contribution in [0, 0.1) is 5.92 Å². The molecule has 3 heteroatoms. The molecule has 3 unspecified atom stereocenters. The van der Waals surface area contributed by atoms with Gasteiger partial charge in [-0.1, -0.05) is 20.3 Å². The predicted molar refractivity (Wildman–Crippen MR) is 63.2 cm³/mol. The quantitative estimate of drug-likeness (QED) is 0.679. The molecular weight excluding hydrogens is 204 g/mol. The zero-order chi connectivity index (χ0) is 12.0. The van der Waals surface area contributed by atoms with Gasteiger partial charge in [-0.2, -0.15) is 0 Å². The Kier molecular flexibility index (Phi) is 5.81. The van der Waals surface area contributed by atoms with E-state index in [1.165, 1.54) is 0 Å². The third-order valence-electron chi connectivity index (χ3n) is 3.32. The van der Waals surface area contributed by atoms with Gasteiger partial charge in [-0.25, -0.2) is 0 Å². The molecular formula is C13H24O3. The maximum Gasteiger partial charge on any atom is 0.308 e. The fourth-order valence-corrected chi connectivity index (χ4v) is 2.25. The lowest BCUT2D eigenvalue weighted by atomic mass is 9.94. The van der Waals surface area contributed by atoms with Gasteiger partial charge in [0.15, 0.2) is 0 Å². The van der Waals surface area contributed by atoms with Crippen molar-refractivity contribution in [1.82, 2.24) is 0 Å². The molecule has 0 aromatic heterocycles.